The van der Waals surface area contributed by atoms with Crippen LogP contribution in [0.5, 0.6) is 0 Å². The van der Waals surface area contributed by atoms with E-state index in [9.17, 15) is 13.2 Å². The van der Waals surface area contributed by atoms with Crippen LogP contribution in [-0.2, 0) is 6.18 Å². The maximum absolute atomic E-state index is 12.7. The molecule has 0 amide bonds. The van der Waals surface area contributed by atoms with E-state index in [0.29, 0.717) is 5.25 Å². The molecule has 1 aromatic rings. The van der Waals surface area contributed by atoms with E-state index in [0.717, 1.165) is 31.7 Å². The standard InChI is InChI=1S/C12H17F3N4S/c1-20-8-5-3-2-4-7(8)17-10-6-9(12(13,14)15)18-11(16)19-10/h6-8H,2-5H2,1H3,(H3,16,17,18,19). The zero-order chi connectivity index (χ0) is 14.8. The number of hydrogen-bond donors (Lipinski definition) is 2. The molecule has 0 aliphatic heterocycles. The van der Waals surface area contributed by atoms with Crippen LogP contribution >= 0.6 is 11.8 Å². The lowest BCUT2D eigenvalue weighted by Crippen LogP contribution is -2.34. The number of rotatable bonds is 3. The molecule has 1 aliphatic carbocycles. The first-order valence-electron chi connectivity index (χ1n) is 6.41. The van der Waals surface area contributed by atoms with Gasteiger partial charge in [0, 0.05) is 17.4 Å². The van der Waals surface area contributed by atoms with Gasteiger partial charge in [0.15, 0.2) is 5.69 Å². The van der Waals surface area contributed by atoms with Crippen molar-refractivity contribution >= 4 is 23.5 Å². The normalized spacial score (nSPS) is 23.6. The molecule has 20 heavy (non-hydrogen) atoms. The van der Waals surface area contributed by atoms with Gasteiger partial charge in [-0.1, -0.05) is 12.8 Å². The minimum absolute atomic E-state index is 0.120. The van der Waals surface area contributed by atoms with Gasteiger partial charge in [-0.15, -0.1) is 0 Å². The van der Waals surface area contributed by atoms with Gasteiger partial charge in [-0.3, -0.25) is 0 Å². The van der Waals surface area contributed by atoms with Gasteiger partial charge in [-0.2, -0.15) is 29.9 Å². The highest BCUT2D eigenvalue weighted by Gasteiger charge is 2.34. The average molecular weight is 306 g/mol. The number of anilines is 2. The summed E-state index contributed by atoms with van der Waals surface area (Å²) in [6.07, 6.45) is 1.71. The first kappa shape index (κ1) is 15.2. The van der Waals surface area contributed by atoms with Crippen LogP contribution in [0.2, 0.25) is 0 Å². The lowest BCUT2D eigenvalue weighted by molar-refractivity contribution is -0.141. The number of nitrogens with zero attached hydrogens (tertiary/aromatic N) is 2. The monoisotopic (exact) mass is 306 g/mol. The fraction of sp³-hybridized carbons (Fsp3) is 0.667. The summed E-state index contributed by atoms with van der Waals surface area (Å²) in [5.74, 6) is -0.213. The second-order valence-corrected chi connectivity index (χ2v) is 5.88. The minimum atomic E-state index is -4.51. The topological polar surface area (TPSA) is 63.8 Å². The van der Waals surface area contributed by atoms with Gasteiger partial charge in [-0.05, 0) is 19.1 Å². The molecule has 8 heteroatoms. The highest BCUT2D eigenvalue weighted by atomic mass is 32.2. The Labute approximate surface area is 119 Å². The molecule has 1 aliphatic rings. The molecule has 1 aromatic heterocycles. The van der Waals surface area contributed by atoms with Crippen molar-refractivity contribution in [2.75, 3.05) is 17.3 Å². The summed E-state index contributed by atoms with van der Waals surface area (Å²) in [5.41, 5.74) is 4.35. The molecule has 4 nitrogen and oxygen atoms in total. The summed E-state index contributed by atoms with van der Waals surface area (Å²) in [4.78, 5) is 7.09. The zero-order valence-corrected chi connectivity index (χ0v) is 11.9. The number of halogens is 3. The maximum Gasteiger partial charge on any atom is 0.433 e. The number of alkyl halides is 3. The zero-order valence-electron chi connectivity index (χ0n) is 11.1. The van der Waals surface area contributed by atoms with Crippen LogP contribution < -0.4 is 11.1 Å². The Hall–Kier alpha value is -1.18. The SMILES string of the molecule is CSC1CCCCC1Nc1cc(C(F)(F)F)nc(N)n1. The number of hydrogen-bond acceptors (Lipinski definition) is 5. The van der Waals surface area contributed by atoms with Crippen LogP contribution in [0, 0.1) is 0 Å². The molecule has 2 rings (SSSR count). The minimum Gasteiger partial charge on any atom is -0.368 e. The summed E-state index contributed by atoms with van der Waals surface area (Å²) in [6.45, 7) is 0. The molecule has 0 radical (unpaired) electrons. The molecule has 3 N–H and O–H groups in total. The molecule has 0 saturated heterocycles. The van der Waals surface area contributed by atoms with Crippen LogP contribution in [0.3, 0.4) is 0 Å². The van der Waals surface area contributed by atoms with Gasteiger partial charge in [0.1, 0.15) is 5.82 Å². The van der Waals surface area contributed by atoms with Gasteiger partial charge >= 0.3 is 6.18 Å². The van der Waals surface area contributed by atoms with Crippen molar-refractivity contribution < 1.29 is 13.2 Å². The van der Waals surface area contributed by atoms with Crippen molar-refractivity contribution in [1.29, 1.82) is 0 Å². The van der Waals surface area contributed by atoms with E-state index in [2.05, 4.69) is 15.3 Å². The summed E-state index contributed by atoms with van der Waals surface area (Å²) >= 11 is 1.73. The van der Waals surface area contributed by atoms with Gasteiger partial charge in [0.05, 0.1) is 0 Å². The molecular formula is C12H17F3N4S. The van der Waals surface area contributed by atoms with Crippen LogP contribution in [0.4, 0.5) is 24.9 Å². The third-order valence-electron chi connectivity index (χ3n) is 3.37. The lowest BCUT2D eigenvalue weighted by atomic mass is 9.95. The average Bonchev–Trinajstić information content (AvgIpc) is 2.37. The molecule has 2 unspecified atom stereocenters. The van der Waals surface area contributed by atoms with Gasteiger partial charge in [-0.25, -0.2) is 4.98 Å². The summed E-state index contributed by atoms with van der Waals surface area (Å²) < 4.78 is 38.1. The van der Waals surface area contributed by atoms with Crippen molar-refractivity contribution in [1.82, 2.24) is 9.97 Å². The molecule has 1 heterocycles. The Morgan fingerprint density at radius 3 is 2.65 bits per heavy atom. The van der Waals surface area contributed by atoms with Crippen molar-refractivity contribution in [3.63, 3.8) is 0 Å². The van der Waals surface area contributed by atoms with Crippen LogP contribution in [0.1, 0.15) is 31.4 Å². The Morgan fingerprint density at radius 2 is 2.00 bits per heavy atom. The first-order valence-corrected chi connectivity index (χ1v) is 7.70. The van der Waals surface area contributed by atoms with Gasteiger partial charge in [0.25, 0.3) is 0 Å². The molecule has 0 spiro atoms. The predicted molar refractivity (Wildman–Crippen MR) is 74.6 cm³/mol. The Balaban J connectivity index is 2.18. The fourth-order valence-corrected chi connectivity index (χ4v) is 3.35. The number of nitrogens with one attached hydrogen (secondary N) is 1. The van der Waals surface area contributed by atoms with E-state index in [1.54, 1.807) is 11.8 Å². The lowest BCUT2D eigenvalue weighted by Gasteiger charge is -2.31. The third-order valence-corrected chi connectivity index (χ3v) is 4.54. The van der Waals surface area contributed by atoms with Gasteiger partial charge < -0.3 is 11.1 Å². The van der Waals surface area contributed by atoms with Crippen molar-refractivity contribution in [3.8, 4) is 0 Å². The fourth-order valence-electron chi connectivity index (χ4n) is 2.42. The van der Waals surface area contributed by atoms with E-state index >= 15 is 0 Å². The molecule has 0 bridgehead atoms. The number of nitrogens with two attached hydrogens (primary N) is 1. The van der Waals surface area contributed by atoms with E-state index in [1.165, 1.54) is 0 Å². The van der Waals surface area contributed by atoms with Crippen LogP contribution in [-0.4, -0.2) is 27.5 Å². The Bertz CT molecular complexity index is 467. The predicted octanol–water partition coefficient (Wildman–Crippen LogP) is 3.16. The van der Waals surface area contributed by atoms with E-state index < -0.39 is 11.9 Å². The number of nitrogen functional groups attached to an aromatic ring is 1. The largest absolute Gasteiger partial charge is 0.433 e. The quantitative estimate of drug-likeness (QED) is 0.898. The van der Waals surface area contributed by atoms with E-state index in [-0.39, 0.29) is 17.8 Å². The second-order valence-electron chi connectivity index (χ2n) is 4.80. The molecule has 2 atom stereocenters. The van der Waals surface area contributed by atoms with E-state index in [1.807, 2.05) is 6.26 Å². The van der Waals surface area contributed by atoms with Crippen LogP contribution in [0.15, 0.2) is 6.07 Å². The van der Waals surface area contributed by atoms with Crippen LogP contribution in [0.25, 0.3) is 0 Å². The van der Waals surface area contributed by atoms with Crippen molar-refractivity contribution in [2.24, 2.45) is 0 Å². The van der Waals surface area contributed by atoms with Crippen molar-refractivity contribution in [2.45, 2.75) is 43.2 Å². The molecule has 1 fully saturated rings. The molecule has 0 aromatic carbocycles. The summed E-state index contributed by atoms with van der Waals surface area (Å²) in [7, 11) is 0. The highest BCUT2D eigenvalue weighted by molar-refractivity contribution is 7.99. The molecule has 112 valence electrons. The summed E-state index contributed by atoms with van der Waals surface area (Å²) in [6, 6.07) is 1.04. The first-order chi connectivity index (χ1) is 9.40. The third kappa shape index (κ3) is 3.68. The smallest absolute Gasteiger partial charge is 0.368 e. The van der Waals surface area contributed by atoms with E-state index in [4.69, 9.17) is 5.73 Å². The number of aromatic nitrogens is 2. The maximum atomic E-state index is 12.7. The Kier molecular flexibility index (Phi) is 4.62. The highest BCUT2D eigenvalue weighted by Crippen LogP contribution is 2.32. The summed E-state index contributed by atoms with van der Waals surface area (Å²) in [5, 5.41) is 3.47. The van der Waals surface area contributed by atoms with Gasteiger partial charge in [0.2, 0.25) is 5.95 Å². The van der Waals surface area contributed by atoms with Crippen molar-refractivity contribution in [3.05, 3.63) is 11.8 Å². The second kappa shape index (κ2) is 6.07. The Morgan fingerprint density at radius 1 is 1.30 bits per heavy atom. The molecule has 1 saturated carbocycles. The molecular weight excluding hydrogens is 289 g/mol. The number of thioether (sulfide) groups is 1.